The molecular formula is C13H15N3. The Morgan fingerprint density at radius 2 is 2.19 bits per heavy atom. The van der Waals surface area contributed by atoms with E-state index in [2.05, 4.69) is 46.3 Å². The topological polar surface area (TPSA) is 27.6 Å². The molecule has 3 rings (SSSR count). The highest BCUT2D eigenvalue weighted by Gasteiger charge is 2.32. The van der Waals surface area contributed by atoms with Crippen LogP contribution in [0.3, 0.4) is 0 Å². The van der Waals surface area contributed by atoms with Crippen molar-refractivity contribution >= 4 is 11.9 Å². The summed E-state index contributed by atoms with van der Waals surface area (Å²) in [6.45, 7) is 4.62. The number of benzene rings is 1. The van der Waals surface area contributed by atoms with Gasteiger partial charge >= 0.3 is 0 Å². The van der Waals surface area contributed by atoms with Crippen LogP contribution < -0.4 is 5.43 Å². The van der Waals surface area contributed by atoms with E-state index in [4.69, 9.17) is 0 Å². The molecule has 1 atom stereocenters. The molecule has 0 aromatic heterocycles. The van der Waals surface area contributed by atoms with Gasteiger partial charge in [-0.25, -0.2) is 0 Å². The van der Waals surface area contributed by atoms with E-state index >= 15 is 0 Å². The summed E-state index contributed by atoms with van der Waals surface area (Å²) in [6, 6.07) is 9.14. The second kappa shape index (κ2) is 3.67. The molecule has 2 aliphatic rings. The van der Waals surface area contributed by atoms with Crippen LogP contribution in [-0.4, -0.2) is 17.4 Å². The molecule has 0 aliphatic carbocycles. The molecule has 0 radical (unpaired) electrons. The van der Waals surface area contributed by atoms with Gasteiger partial charge in [-0.1, -0.05) is 36.9 Å². The molecule has 2 aliphatic heterocycles. The SMILES string of the molecule is C=Cc1ccc(C2CCC3=NNCN32)cc1. The molecule has 1 N–H and O–H groups in total. The Morgan fingerprint density at radius 1 is 1.38 bits per heavy atom. The zero-order chi connectivity index (χ0) is 11.0. The maximum atomic E-state index is 4.28. The predicted octanol–water partition coefficient (Wildman–Crippen LogP) is 2.34. The van der Waals surface area contributed by atoms with Crippen molar-refractivity contribution in [3.63, 3.8) is 0 Å². The highest BCUT2D eigenvalue weighted by molar-refractivity contribution is 5.85. The minimum atomic E-state index is 0.493. The lowest BCUT2D eigenvalue weighted by Crippen LogP contribution is -2.27. The van der Waals surface area contributed by atoms with Gasteiger partial charge in [-0.2, -0.15) is 5.10 Å². The fourth-order valence-electron chi connectivity index (χ4n) is 2.47. The zero-order valence-corrected chi connectivity index (χ0v) is 9.19. The summed E-state index contributed by atoms with van der Waals surface area (Å²) < 4.78 is 0. The Bertz CT molecular complexity index is 433. The van der Waals surface area contributed by atoms with Gasteiger partial charge in [-0.15, -0.1) is 0 Å². The first-order valence-corrected chi connectivity index (χ1v) is 5.67. The summed E-state index contributed by atoms with van der Waals surface area (Å²) in [5.74, 6) is 1.21. The third-order valence-corrected chi connectivity index (χ3v) is 3.36. The standard InChI is InChI=1S/C13H15N3/c1-2-10-3-5-11(6-4-10)12-7-8-13-15-14-9-16(12)13/h2-6,12,14H,1,7-9H2. The first-order chi connectivity index (χ1) is 7.88. The van der Waals surface area contributed by atoms with Crippen LogP contribution in [0.4, 0.5) is 0 Å². The fraction of sp³-hybridized carbons (Fsp3) is 0.308. The largest absolute Gasteiger partial charge is 0.333 e. The first kappa shape index (κ1) is 9.46. The van der Waals surface area contributed by atoms with Crippen LogP contribution in [0, 0.1) is 0 Å². The van der Waals surface area contributed by atoms with E-state index in [0.717, 1.165) is 13.1 Å². The summed E-state index contributed by atoms with van der Waals surface area (Å²) in [7, 11) is 0. The molecule has 3 nitrogen and oxygen atoms in total. The van der Waals surface area contributed by atoms with Gasteiger partial charge in [0.2, 0.25) is 0 Å². The second-order valence-corrected chi connectivity index (χ2v) is 4.24. The van der Waals surface area contributed by atoms with Gasteiger partial charge in [0.1, 0.15) is 12.5 Å². The molecular weight excluding hydrogens is 198 g/mol. The van der Waals surface area contributed by atoms with Gasteiger partial charge in [0.15, 0.2) is 0 Å². The molecule has 1 fully saturated rings. The third-order valence-electron chi connectivity index (χ3n) is 3.36. The second-order valence-electron chi connectivity index (χ2n) is 4.24. The summed E-state index contributed by atoms with van der Waals surface area (Å²) in [4.78, 5) is 2.35. The van der Waals surface area contributed by atoms with Crippen molar-refractivity contribution < 1.29 is 0 Å². The summed E-state index contributed by atoms with van der Waals surface area (Å²) in [5.41, 5.74) is 5.59. The number of rotatable bonds is 2. The number of nitrogens with zero attached hydrogens (tertiary/aromatic N) is 2. The van der Waals surface area contributed by atoms with Crippen LogP contribution >= 0.6 is 0 Å². The lowest BCUT2D eigenvalue weighted by atomic mass is 10.0. The van der Waals surface area contributed by atoms with Crippen molar-refractivity contribution in [1.82, 2.24) is 10.3 Å². The summed E-state index contributed by atoms with van der Waals surface area (Å²) in [5, 5.41) is 4.28. The van der Waals surface area contributed by atoms with E-state index in [9.17, 15) is 0 Å². The molecule has 0 saturated carbocycles. The van der Waals surface area contributed by atoms with Crippen molar-refractivity contribution in [2.24, 2.45) is 5.10 Å². The maximum Gasteiger partial charge on any atom is 0.126 e. The molecule has 1 unspecified atom stereocenters. The number of hydrogen-bond donors (Lipinski definition) is 1. The van der Waals surface area contributed by atoms with E-state index in [0.29, 0.717) is 6.04 Å². The third kappa shape index (κ3) is 1.40. The van der Waals surface area contributed by atoms with E-state index in [-0.39, 0.29) is 0 Å². The van der Waals surface area contributed by atoms with Gasteiger partial charge in [-0.05, 0) is 17.5 Å². The molecule has 1 saturated heterocycles. The van der Waals surface area contributed by atoms with Gasteiger partial charge in [0, 0.05) is 6.42 Å². The van der Waals surface area contributed by atoms with Crippen molar-refractivity contribution in [1.29, 1.82) is 0 Å². The highest BCUT2D eigenvalue weighted by Crippen LogP contribution is 2.34. The van der Waals surface area contributed by atoms with Gasteiger partial charge < -0.3 is 4.90 Å². The van der Waals surface area contributed by atoms with Crippen LogP contribution in [0.25, 0.3) is 6.08 Å². The van der Waals surface area contributed by atoms with Crippen LogP contribution in [0.5, 0.6) is 0 Å². The van der Waals surface area contributed by atoms with Gasteiger partial charge in [0.25, 0.3) is 0 Å². The number of hydrogen-bond acceptors (Lipinski definition) is 3. The van der Waals surface area contributed by atoms with Crippen molar-refractivity contribution in [2.45, 2.75) is 18.9 Å². The molecule has 1 aromatic carbocycles. The molecule has 1 aromatic rings. The fourth-order valence-corrected chi connectivity index (χ4v) is 2.47. The minimum absolute atomic E-state index is 0.493. The average molecular weight is 213 g/mol. The van der Waals surface area contributed by atoms with Crippen molar-refractivity contribution in [3.05, 3.63) is 42.0 Å². The Balaban J connectivity index is 1.87. The van der Waals surface area contributed by atoms with Crippen LogP contribution in [0.2, 0.25) is 0 Å². The normalized spacial score (nSPS) is 22.6. The van der Waals surface area contributed by atoms with E-state index < -0.39 is 0 Å². The molecule has 16 heavy (non-hydrogen) atoms. The number of fused-ring (bicyclic) bond motifs is 1. The molecule has 0 bridgehead atoms. The predicted molar refractivity (Wildman–Crippen MR) is 65.8 cm³/mol. The smallest absolute Gasteiger partial charge is 0.126 e. The Kier molecular flexibility index (Phi) is 2.17. The molecule has 0 spiro atoms. The van der Waals surface area contributed by atoms with Gasteiger partial charge in [-0.3, -0.25) is 5.43 Å². The maximum absolute atomic E-state index is 4.28. The minimum Gasteiger partial charge on any atom is -0.333 e. The molecule has 0 amide bonds. The Labute approximate surface area is 95.5 Å². The lowest BCUT2D eigenvalue weighted by molar-refractivity contribution is 0.345. The number of nitrogens with one attached hydrogen (secondary N) is 1. The van der Waals surface area contributed by atoms with Crippen LogP contribution in [0.1, 0.15) is 30.0 Å². The molecule has 3 heteroatoms. The van der Waals surface area contributed by atoms with Crippen LogP contribution in [0.15, 0.2) is 35.9 Å². The van der Waals surface area contributed by atoms with Crippen molar-refractivity contribution in [2.75, 3.05) is 6.67 Å². The number of hydrazone groups is 1. The van der Waals surface area contributed by atoms with E-state index in [1.165, 1.54) is 23.4 Å². The highest BCUT2D eigenvalue weighted by atomic mass is 15.5. The summed E-state index contributed by atoms with van der Waals surface area (Å²) >= 11 is 0. The molecule has 82 valence electrons. The summed E-state index contributed by atoms with van der Waals surface area (Å²) in [6.07, 6.45) is 4.14. The molecule has 2 heterocycles. The monoisotopic (exact) mass is 213 g/mol. The van der Waals surface area contributed by atoms with E-state index in [1.807, 2.05) is 6.08 Å². The average Bonchev–Trinajstić information content (AvgIpc) is 2.91. The zero-order valence-electron chi connectivity index (χ0n) is 9.19. The lowest BCUT2D eigenvalue weighted by Gasteiger charge is -2.22. The van der Waals surface area contributed by atoms with Crippen LogP contribution in [-0.2, 0) is 0 Å². The Morgan fingerprint density at radius 3 is 2.94 bits per heavy atom. The van der Waals surface area contributed by atoms with Gasteiger partial charge in [0.05, 0.1) is 6.04 Å². The first-order valence-electron chi connectivity index (χ1n) is 5.67. The van der Waals surface area contributed by atoms with E-state index in [1.54, 1.807) is 0 Å². The quantitative estimate of drug-likeness (QED) is 0.816. The number of amidine groups is 1. The van der Waals surface area contributed by atoms with Crippen molar-refractivity contribution in [3.8, 4) is 0 Å². The Hall–Kier alpha value is -1.77.